The number of hydrogen-bond acceptors (Lipinski definition) is 4. The molecule has 19 heavy (non-hydrogen) atoms. The van der Waals surface area contributed by atoms with Gasteiger partial charge in [0, 0.05) is 44.1 Å². The average molecular weight is 258 g/mol. The fourth-order valence-corrected chi connectivity index (χ4v) is 2.61. The maximum atomic E-state index is 9.04. The number of hydrogen-bond donors (Lipinski definition) is 0. The Bertz CT molecular complexity index is 426. The van der Waals surface area contributed by atoms with Crippen LogP contribution in [-0.4, -0.2) is 47.0 Å². The van der Waals surface area contributed by atoms with Gasteiger partial charge < -0.3 is 4.90 Å². The Labute approximate surface area is 115 Å². The molecule has 0 aliphatic carbocycles. The zero-order valence-corrected chi connectivity index (χ0v) is 11.8. The molecule has 4 nitrogen and oxygen atoms in total. The Balaban J connectivity index is 2.09. The molecule has 1 aromatic rings. The molecule has 4 heteroatoms. The van der Waals surface area contributed by atoms with Gasteiger partial charge in [-0.15, -0.1) is 0 Å². The lowest BCUT2D eigenvalue weighted by Crippen LogP contribution is -2.40. The second kappa shape index (κ2) is 6.65. The third kappa shape index (κ3) is 3.76. The van der Waals surface area contributed by atoms with E-state index in [-0.39, 0.29) is 0 Å². The second-order valence-corrected chi connectivity index (χ2v) is 5.42. The van der Waals surface area contributed by atoms with E-state index >= 15 is 0 Å². The number of nitrogens with zero attached hydrogens (tertiary/aromatic N) is 4. The molecule has 1 fully saturated rings. The van der Waals surface area contributed by atoms with Gasteiger partial charge in [0.15, 0.2) is 0 Å². The number of pyridine rings is 1. The van der Waals surface area contributed by atoms with Gasteiger partial charge in [-0.2, -0.15) is 5.26 Å². The molecule has 0 aromatic carbocycles. The van der Waals surface area contributed by atoms with E-state index in [9.17, 15) is 0 Å². The fraction of sp³-hybridized carbons (Fsp3) is 0.600. The lowest BCUT2D eigenvalue weighted by molar-refractivity contribution is 0.178. The minimum atomic E-state index is 0.327. The van der Waals surface area contributed by atoms with E-state index in [1.807, 2.05) is 12.4 Å². The van der Waals surface area contributed by atoms with Crippen molar-refractivity contribution >= 4 is 0 Å². The molecule has 0 saturated carbocycles. The van der Waals surface area contributed by atoms with E-state index in [0.717, 1.165) is 26.1 Å². The molecule has 1 saturated heterocycles. The molecule has 2 rings (SSSR count). The molecule has 0 bridgehead atoms. The molecule has 2 atom stereocenters. The maximum Gasteiger partial charge on any atom is 0.0638 e. The number of nitriles is 1. The molecule has 1 aliphatic rings. The summed E-state index contributed by atoms with van der Waals surface area (Å²) in [5.74, 6) is 0. The smallest absolute Gasteiger partial charge is 0.0638 e. The lowest BCUT2D eigenvalue weighted by Gasteiger charge is -2.29. The van der Waals surface area contributed by atoms with Crippen LogP contribution < -0.4 is 0 Å². The molecular weight excluding hydrogens is 236 g/mol. The normalized spacial score (nSPS) is 25.7. The lowest BCUT2D eigenvalue weighted by atomic mass is 10.1. The predicted octanol–water partition coefficient (Wildman–Crippen LogP) is 1.89. The second-order valence-electron chi connectivity index (χ2n) is 5.42. The van der Waals surface area contributed by atoms with Gasteiger partial charge in [-0.3, -0.25) is 9.88 Å². The molecule has 102 valence electrons. The standard InChI is InChI=1S/C15H22N4/c1-13-6-10-19(11-14-4-8-17-9-5-14)15(3-7-16)12-18(13)2/h4-5,8-9,13,15H,3,6,10-12H2,1-2H3. The summed E-state index contributed by atoms with van der Waals surface area (Å²) in [4.78, 5) is 8.87. The van der Waals surface area contributed by atoms with Crippen molar-refractivity contribution in [3.05, 3.63) is 30.1 Å². The highest BCUT2D eigenvalue weighted by Gasteiger charge is 2.26. The van der Waals surface area contributed by atoms with Crippen molar-refractivity contribution in [2.45, 2.75) is 38.4 Å². The molecule has 1 aromatic heterocycles. The van der Waals surface area contributed by atoms with Gasteiger partial charge in [0.1, 0.15) is 0 Å². The van der Waals surface area contributed by atoms with Gasteiger partial charge in [0.2, 0.25) is 0 Å². The number of likely N-dealkylation sites (N-methyl/N-ethyl adjacent to an activating group) is 1. The quantitative estimate of drug-likeness (QED) is 0.830. The predicted molar refractivity (Wildman–Crippen MR) is 75.4 cm³/mol. The summed E-state index contributed by atoms with van der Waals surface area (Å²) in [6.45, 7) is 5.20. The van der Waals surface area contributed by atoms with Crippen LogP contribution in [0.5, 0.6) is 0 Å². The minimum Gasteiger partial charge on any atom is -0.302 e. The van der Waals surface area contributed by atoms with E-state index in [2.05, 4.69) is 47.0 Å². The average Bonchev–Trinajstić information content (AvgIpc) is 2.54. The first-order valence-corrected chi connectivity index (χ1v) is 6.91. The Hall–Kier alpha value is -1.44. The van der Waals surface area contributed by atoms with Crippen molar-refractivity contribution in [1.29, 1.82) is 5.26 Å². The molecular formula is C15H22N4. The first-order valence-electron chi connectivity index (χ1n) is 6.91. The van der Waals surface area contributed by atoms with Crippen LogP contribution in [0.1, 0.15) is 25.3 Å². The summed E-state index contributed by atoms with van der Waals surface area (Å²) in [7, 11) is 2.16. The number of rotatable bonds is 3. The summed E-state index contributed by atoms with van der Waals surface area (Å²) < 4.78 is 0. The third-order valence-electron chi connectivity index (χ3n) is 4.06. The first-order chi connectivity index (χ1) is 9.20. The van der Waals surface area contributed by atoms with Crippen molar-refractivity contribution < 1.29 is 0 Å². The SMILES string of the molecule is CC1CCN(Cc2ccncc2)C(CC#N)CN1C. The third-order valence-corrected chi connectivity index (χ3v) is 4.06. The van der Waals surface area contributed by atoms with Gasteiger partial charge in [-0.1, -0.05) is 0 Å². The summed E-state index contributed by atoms with van der Waals surface area (Å²) in [5, 5.41) is 9.04. The maximum absolute atomic E-state index is 9.04. The van der Waals surface area contributed by atoms with Gasteiger partial charge >= 0.3 is 0 Å². The van der Waals surface area contributed by atoms with Gasteiger partial charge in [0.25, 0.3) is 0 Å². The van der Waals surface area contributed by atoms with Gasteiger partial charge in [-0.25, -0.2) is 0 Å². The van der Waals surface area contributed by atoms with E-state index in [4.69, 9.17) is 5.26 Å². The van der Waals surface area contributed by atoms with Crippen LogP contribution in [0.2, 0.25) is 0 Å². The highest BCUT2D eigenvalue weighted by molar-refractivity contribution is 5.10. The van der Waals surface area contributed by atoms with Crippen LogP contribution in [0.25, 0.3) is 0 Å². The van der Waals surface area contributed by atoms with Crippen LogP contribution in [0, 0.1) is 11.3 Å². The van der Waals surface area contributed by atoms with Crippen LogP contribution in [0.15, 0.2) is 24.5 Å². The van der Waals surface area contributed by atoms with Crippen LogP contribution in [-0.2, 0) is 6.54 Å². The Morgan fingerprint density at radius 2 is 2.16 bits per heavy atom. The van der Waals surface area contributed by atoms with Crippen molar-refractivity contribution in [2.24, 2.45) is 0 Å². The van der Waals surface area contributed by atoms with E-state index in [0.29, 0.717) is 18.5 Å². The van der Waals surface area contributed by atoms with Gasteiger partial charge in [0.05, 0.1) is 12.5 Å². The topological polar surface area (TPSA) is 43.2 Å². The van der Waals surface area contributed by atoms with E-state index in [1.165, 1.54) is 5.56 Å². The van der Waals surface area contributed by atoms with Crippen molar-refractivity contribution in [2.75, 3.05) is 20.1 Å². The monoisotopic (exact) mass is 258 g/mol. The summed E-state index contributed by atoms with van der Waals surface area (Å²) in [6.07, 6.45) is 5.42. The molecule has 0 N–H and O–H groups in total. The van der Waals surface area contributed by atoms with Crippen LogP contribution >= 0.6 is 0 Å². The Morgan fingerprint density at radius 1 is 1.42 bits per heavy atom. The molecule has 2 unspecified atom stereocenters. The van der Waals surface area contributed by atoms with Crippen LogP contribution in [0.4, 0.5) is 0 Å². The van der Waals surface area contributed by atoms with E-state index in [1.54, 1.807) is 0 Å². The van der Waals surface area contributed by atoms with Crippen molar-refractivity contribution in [1.82, 2.24) is 14.8 Å². The molecule has 0 radical (unpaired) electrons. The van der Waals surface area contributed by atoms with Gasteiger partial charge in [-0.05, 0) is 38.1 Å². The molecule has 2 heterocycles. The van der Waals surface area contributed by atoms with E-state index < -0.39 is 0 Å². The zero-order chi connectivity index (χ0) is 13.7. The first kappa shape index (κ1) is 14.0. The molecule has 0 amide bonds. The Morgan fingerprint density at radius 3 is 2.84 bits per heavy atom. The number of aromatic nitrogens is 1. The highest BCUT2D eigenvalue weighted by Crippen LogP contribution is 2.18. The Kier molecular flexibility index (Phi) is 4.89. The summed E-state index contributed by atoms with van der Waals surface area (Å²) in [5.41, 5.74) is 1.27. The van der Waals surface area contributed by atoms with Crippen molar-refractivity contribution in [3.63, 3.8) is 0 Å². The minimum absolute atomic E-state index is 0.327. The molecule has 0 spiro atoms. The van der Waals surface area contributed by atoms with Crippen molar-refractivity contribution in [3.8, 4) is 6.07 Å². The van der Waals surface area contributed by atoms with Crippen LogP contribution in [0.3, 0.4) is 0 Å². The zero-order valence-electron chi connectivity index (χ0n) is 11.8. The summed E-state index contributed by atoms with van der Waals surface area (Å²) >= 11 is 0. The summed E-state index contributed by atoms with van der Waals surface area (Å²) in [6, 6.07) is 7.36. The highest BCUT2D eigenvalue weighted by atomic mass is 15.2. The largest absolute Gasteiger partial charge is 0.302 e. The molecule has 1 aliphatic heterocycles. The fourth-order valence-electron chi connectivity index (χ4n) is 2.61.